The molecular weight excluding hydrogens is 314 g/mol. The van der Waals surface area contributed by atoms with Gasteiger partial charge in [-0.3, -0.25) is 4.79 Å². The quantitative estimate of drug-likeness (QED) is 0.914. The Hall–Kier alpha value is -1.26. The van der Waals surface area contributed by atoms with Gasteiger partial charge in [0.1, 0.15) is 5.75 Å². The fraction of sp³-hybridized carbons (Fsp3) is 0.611. The molecule has 1 saturated heterocycles. The minimum atomic E-state index is -0.388. The maximum atomic E-state index is 12.9. The van der Waals surface area contributed by atoms with Crippen molar-refractivity contribution in [1.82, 2.24) is 4.90 Å². The summed E-state index contributed by atoms with van der Waals surface area (Å²) in [6.07, 6.45) is 5.11. The van der Waals surface area contributed by atoms with Crippen molar-refractivity contribution in [3.8, 4) is 5.75 Å². The van der Waals surface area contributed by atoms with Gasteiger partial charge in [-0.15, -0.1) is 0 Å². The van der Waals surface area contributed by atoms with Gasteiger partial charge in [0.25, 0.3) is 5.91 Å². The second-order valence-corrected chi connectivity index (χ2v) is 7.14. The summed E-state index contributed by atoms with van der Waals surface area (Å²) in [6.45, 7) is 3.04. The molecule has 2 unspecified atom stereocenters. The van der Waals surface area contributed by atoms with Crippen LogP contribution in [0.1, 0.15) is 49.4 Å². The Morgan fingerprint density at radius 1 is 1.35 bits per heavy atom. The largest absolute Gasteiger partial charge is 0.490 e. The smallest absolute Gasteiger partial charge is 0.257 e. The number of aliphatic hydroxyl groups excluding tert-OH is 1. The number of rotatable bonds is 4. The van der Waals surface area contributed by atoms with Gasteiger partial charge >= 0.3 is 0 Å². The van der Waals surface area contributed by atoms with Crippen LogP contribution in [0.3, 0.4) is 0 Å². The molecule has 0 aromatic heterocycles. The summed E-state index contributed by atoms with van der Waals surface area (Å²) < 4.78 is 6.06. The number of carbonyl (C=O) groups is 1. The predicted molar refractivity (Wildman–Crippen MR) is 90.0 cm³/mol. The summed E-state index contributed by atoms with van der Waals surface area (Å²) in [5.41, 5.74) is 0.538. The summed E-state index contributed by atoms with van der Waals surface area (Å²) in [5, 5.41) is 10.3. The second kappa shape index (κ2) is 7.10. The molecule has 2 atom stereocenters. The molecule has 5 heteroatoms. The number of carbonyl (C=O) groups excluding carboxylic acids is 1. The van der Waals surface area contributed by atoms with E-state index in [1.807, 2.05) is 0 Å². The van der Waals surface area contributed by atoms with Gasteiger partial charge in [-0.05, 0) is 57.2 Å². The van der Waals surface area contributed by atoms with Crippen LogP contribution in [0.5, 0.6) is 5.75 Å². The third kappa shape index (κ3) is 3.81. The van der Waals surface area contributed by atoms with Crippen LogP contribution in [0.15, 0.2) is 18.2 Å². The number of nitrogens with zero attached hydrogens (tertiary/aromatic N) is 1. The van der Waals surface area contributed by atoms with Crippen LogP contribution in [0.2, 0.25) is 5.02 Å². The lowest BCUT2D eigenvalue weighted by molar-refractivity contribution is 0.0755. The van der Waals surface area contributed by atoms with E-state index in [2.05, 4.69) is 0 Å². The summed E-state index contributed by atoms with van der Waals surface area (Å²) in [6, 6.07) is 5.27. The van der Waals surface area contributed by atoms with E-state index in [0.717, 1.165) is 19.3 Å². The SMILES string of the molecule is CC(O)C1CCN(C(=O)c2cc(Cl)ccc2OC2CCCC2)C1. The van der Waals surface area contributed by atoms with Gasteiger partial charge in [0.05, 0.1) is 17.8 Å². The zero-order chi connectivity index (χ0) is 16.4. The lowest BCUT2D eigenvalue weighted by atomic mass is 10.0. The summed E-state index contributed by atoms with van der Waals surface area (Å²) in [5.74, 6) is 0.729. The van der Waals surface area contributed by atoms with Crippen LogP contribution >= 0.6 is 11.6 Å². The second-order valence-electron chi connectivity index (χ2n) is 6.71. The predicted octanol–water partition coefficient (Wildman–Crippen LogP) is 3.50. The number of hydrogen-bond donors (Lipinski definition) is 1. The summed E-state index contributed by atoms with van der Waals surface area (Å²) in [4.78, 5) is 14.7. The molecule has 4 nitrogen and oxygen atoms in total. The number of hydrogen-bond acceptors (Lipinski definition) is 3. The normalized spacial score (nSPS) is 23.3. The Kier molecular flexibility index (Phi) is 5.12. The van der Waals surface area contributed by atoms with Crippen LogP contribution in [0.4, 0.5) is 0 Å². The summed E-state index contributed by atoms with van der Waals surface area (Å²) >= 11 is 6.10. The first-order chi connectivity index (χ1) is 11.0. The molecule has 1 saturated carbocycles. The highest BCUT2D eigenvalue weighted by Crippen LogP contribution is 2.31. The molecule has 1 N–H and O–H groups in total. The van der Waals surface area contributed by atoms with E-state index >= 15 is 0 Å². The van der Waals surface area contributed by atoms with Gasteiger partial charge in [0, 0.05) is 24.0 Å². The number of ether oxygens (including phenoxy) is 1. The monoisotopic (exact) mass is 337 g/mol. The molecule has 1 aromatic carbocycles. The first-order valence-corrected chi connectivity index (χ1v) is 8.86. The van der Waals surface area contributed by atoms with Gasteiger partial charge in [0.15, 0.2) is 0 Å². The Balaban J connectivity index is 1.77. The van der Waals surface area contributed by atoms with Crippen molar-refractivity contribution in [3.05, 3.63) is 28.8 Å². The average molecular weight is 338 g/mol. The van der Waals surface area contributed by atoms with E-state index in [0.29, 0.717) is 29.4 Å². The van der Waals surface area contributed by atoms with Crippen LogP contribution in [0.25, 0.3) is 0 Å². The third-order valence-electron chi connectivity index (χ3n) is 4.96. The van der Waals surface area contributed by atoms with Gasteiger partial charge in [-0.2, -0.15) is 0 Å². The topological polar surface area (TPSA) is 49.8 Å². The highest BCUT2D eigenvalue weighted by atomic mass is 35.5. The zero-order valence-corrected chi connectivity index (χ0v) is 14.3. The molecule has 1 heterocycles. The number of amides is 1. The van der Waals surface area contributed by atoms with E-state index in [4.69, 9.17) is 16.3 Å². The molecule has 23 heavy (non-hydrogen) atoms. The molecule has 0 bridgehead atoms. The Labute approximate surface area is 142 Å². The van der Waals surface area contributed by atoms with Crippen LogP contribution in [-0.4, -0.2) is 41.2 Å². The number of halogens is 1. The maximum Gasteiger partial charge on any atom is 0.257 e. The fourth-order valence-electron chi connectivity index (χ4n) is 3.49. The molecule has 0 radical (unpaired) electrons. The molecule has 126 valence electrons. The van der Waals surface area contributed by atoms with E-state index in [1.54, 1.807) is 30.0 Å². The van der Waals surface area contributed by atoms with Crippen LogP contribution < -0.4 is 4.74 Å². The van der Waals surface area contributed by atoms with Gasteiger partial charge in [-0.25, -0.2) is 0 Å². The standard InChI is InChI=1S/C18H24ClNO3/c1-12(21)13-8-9-20(11-13)18(22)16-10-14(19)6-7-17(16)23-15-4-2-3-5-15/h6-7,10,12-13,15,21H,2-5,8-9,11H2,1H3. The minimum absolute atomic E-state index is 0.0522. The highest BCUT2D eigenvalue weighted by Gasteiger charge is 2.31. The summed E-state index contributed by atoms with van der Waals surface area (Å²) in [7, 11) is 0. The van der Waals surface area contributed by atoms with E-state index in [1.165, 1.54) is 12.8 Å². The third-order valence-corrected chi connectivity index (χ3v) is 5.20. The fourth-order valence-corrected chi connectivity index (χ4v) is 3.67. The van der Waals surface area contributed by atoms with Gasteiger partial charge in [-0.1, -0.05) is 11.6 Å². The molecular formula is C18H24ClNO3. The van der Waals surface area contributed by atoms with Crippen molar-refractivity contribution in [1.29, 1.82) is 0 Å². The Morgan fingerprint density at radius 3 is 2.74 bits per heavy atom. The zero-order valence-electron chi connectivity index (χ0n) is 13.5. The molecule has 0 spiro atoms. The molecule has 3 rings (SSSR count). The lowest BCUT2D eigenvalue weighted by Gasteiger charge is -2.21. The number of likely N-dealkylation sites (tertiary alicyclic amines) is 1. The molecule has 1 aromatic rings. The molecule has 2 aliphatic rings. The first kappa shape index (κ1) is 16.6. The van der Waals surface area contributed by atoms with Crippen molar-refractivity contribution >= 4 is 17.5 Å². The highest BCUT2D eigenvalue weighted by molar-refractivity contribution is 6.31. The maximum absolute atomic E-state index is 12.9. The first-order valence-electron chi connectivity index (χ1n) is 8.48. The Bertz CT molecular complexity index is 569. The van der Waals surface area contributed by atoms with Crippen LogP contribution in [0, 0.1) is 5.92 Å². The van der Waals surface area contributed by atoms with E-state index in [9.17, 15) is 9.90 Å². The van der Waals surface area contributed by atoms with Crippen molar-refractivity contribution in [2.24, 2.45) is 5.92 Å². The van der Waals surface area contributed by atoms with E-state index in [-0.39, 0.29) is 24.0 Å². The van der Waals surface area contributed by atoms with Gasteiger partial charge < -0.3 is 14.7 Å². The number of aliphatic hydroxyl groups is 1. The Morgan fingerprint density at radius 2 is 2.09 bits per heavy atom. The molecule has 1 aliphatic carbocycles. The molecule has 1 aliphatic heterocycles. The number of benzene rings is 1. The average Bonchev–Trinajstić information content (AvgIpc) is 3.19. The lowest BCUT2D eigenvalue weighted by Crippen LogP contribution is -2.31. The molecule has 2 fully saturated rings. The minimum Gasteiger partial charge on any atom is -0.490 e. The van der Waals surface area contributed by atoms with Crippen molar-refractivity contribution < 1.29 is 14.6 Å². The van der Waals surface area contributed by atoms with Crippen molar-refractivity contribution in [2.75, 3.05) is 13.1 Å². The van der Waals surface area contributed by atoms with E-state index < -0.39 is 0 Å². The van der Waals surface area contributed by atoms with Crippen LogP contribution in [-0.2, 0) is 0 Å². The van der Waals surface area contributed by atoms with Gasteiger partial charge in [0.2, 0.25) is 0 Å². The van der Waals surface area contributed by atoms with Crippen molar-refractivity contribution in [2.45, 2.75) is 51.2 Å². The molecule has 1 amide bonds. The van der Waals surface area contributed by atoms with Crippen molar-refractivity contribution in [3.63, 3.8) is 0 Å².